The van der Waals surface area contributed by atoms with Crippen LogP contribution in [0, 0.1) is 6.92 Å². The number of halogens is 2. The first kappa shape index (κ1) is 12.7. The molecule has 1 nitrogen and oxygen atoms in total. The monoisotopic (exact) mass is 288 g/mol. The van der Waals surface area contributed by atoms with E-state index >= 15 is 0 Å². The number of ketones is 1. The summed E-state index contributed by atoms with van der Waals surface area (Å²) in [6.07, 6.45) is 2.51. The maximum absolute atomic E-state index is 11.8. The number of hydrogen-bond donors (Lipinski definition) is 0. The van der Waals surface area contributed by atoms with Crippen LogP contribution in [0.3, 0.4) is 0 Å². The van der Waals surface area contributed by atoms with Gasteiger partial charge in [-0.25, -0.2) is 0 Å². The van der Waals surface area contributed by atoms with E-state index in [-0.39, 0.29) is 5.78 Å². The summed E-state index contributed by atoms with van der Waals surface area (Å²) in [5, 5.41) is 1.54. The Morgan fingerprint density at radius 3 is 2.80 bits per heavy atom. The second-order valence-electron chi connectivity index (χ2n) is 3.51. The van der Waals surface area contributed by atoms with E-state index in [2.05, 4.69) is 15.9 Å². The molecule has 0 aromatic heterocycles. The van der Waals surface area contributed by atoms with Crippen molar-refractivity contribution in [2.24, 2.45) is 0 Å². The number of unbranched alkanes of at least 4 members (excludes halogenated alkanes) is 1. The van der Waals surface area contributed by atoms with E-state index in [0.29, 0.717) is 17.0 Å². The van der Waals surface area contributed by atoms with Crippen LogP contribution in [-0.2, 0) is 0 Å². The minimum atomic E-state index is 0.143. The van der Waals surface area contributed by atoms with E-state index in [1.54, 1.807) is 6.07 Å². The van der Waals surface area contributed by atoms with E-state index in [1.165, 1.54) is 0 Å². The molecule has 0 fully saturated rings. The van der Waals surface area contributed by atoms with Gasteiger partial charge in [-0.3, -0.25) is 4.79 Å². The van der Waals surface area contributed by atoms with Crippen LogP contribution in [0.15, 0.2) is 18.2 Å². The first-order valence-electron chi connectivity index (χ1n) is 5.01. The Morgan fingerprint density at radius 2 is 2.13 bits per heavy atom. The van der Waals surface area contributed by atoms with Crippen LogP contribution in [0.5, 0.6) is 0 Å². The molecule has 0 heterocycles. The minimum absolute atomic E-state index is 0.143. The molecule has 0 saturated carbocycles. The molecule has 0 saturated heterocycles. The Morgan fingerprint density at radius 1 is 1.40 bits per heavy atom. The van der Waals surface area contributed by atoms with Gasteiger partial charge >= 0.3 is 0 Å². The van der Waals surface area contributed by atoms with E-state index in [4.69, 9.17) is 11.6 Å². The largest absolute Gasteiger partial charge is 0.294 e. The van der Waals surface area contributed by atoms with E-state index in [9.17, 15) is 4.79 Å². The highest BCUT2D eigenvalue weighted by Gasteiger charge is 2.10. The fourth-order valence-electron chi connectivity index (χ4n) is 1.38. The Bertz CT molecular complexity index is 349. The fourth-order valence-corrected chi connectivity index (χ4v) is 2.01. The molecule has 0 bridgehead atoms. The predicted molar refractivity (Wildman–Crippen MR) is 68.2 cm³/mol. The molecular weight excluding hydrogens is 275 g/mol. The Hall–Kier alpha value is -0.340. The first-order valence-corrected chi connectivity index (χ1v) is 6.51. The van der Waals surface area contributed by atoms with Crippen molar-refractivity contribution in [2.75, 3.05) is 5.33 Å². The highest BCUT2D eigenvalue weighted by atomic mass is 79.9. The number of benzene rings is 1. The average Bonchev–Trinajstić information content (AvgIpc) is 2.22. The summed E-state index contributed by atoms with van der Waals surface area (Å²) in [6, 6.07) is 5.59. The van der Waals surface area contributed by atoms with Gasteiger partial charge in [0, 0.05) is 17.3 Å². The van der Waals surface area contributed by atoms with Gasteiger partial charge in [0.1, 0.15) is 0 Å². The molecule has 0 aliphatic rings. The number of carbonyl (C=O) groups excluding carboxylic acids is 1. The summed E-state index contributed by atoms with van der Waals surface area (Å²) in [6.45, 7) is 1.91. The molecule has 3 heteroatoms. The molecule has 0 radical (unpaired) electrons. The maximum Gasteiger partial charge on any atom is 0.164 e. The van der Waals surface area contributed by atoms with Crippen LogP contribution >= 0.6 is 27.5 Å². The summed E-state index contributed by atoms with van der Waals surface area (Å²) in [4.78, 5) is 11.8. The lowest BCUT2D eigenvalue weighted by Crippen LogP contribution is -2.00. The average molecular weight is 290 g/mol. The molecule has 15 heavy (non-hydrogen) atoms. The maximum atomic E-state index is 11.8. The second-order valence-corrected chi connectivity index (χ2v) is 4.68. The molecule has 0 atom stereocenters. The number of rotatable bonds is 5. The molecule has 0 aliphatic heterocycles. The van der Waals surface area contributed by atoms with Crippen molar-refractivity contribution in [1.29, 1.82) is 0 Å². The summed E-state index contributed by atoms with van der Waals surface area (Å²) in [5.41, 5.74) is 1.62. The van der Waals surface area contributed by atoms with Crippen LogP contribution < -0.4 is 0 Å². The van der Waals surface area contributed by atoms with Crippen molar-refractivity contribution in [3.8, 4) is 0 Å². The van der Waals surface area contributed by atoms with Gasteiger partial charge in [-0.05, 0) is 31.4 Å². The van der Waals surface area contributed by atoms with Gasteiger partial charge in [-0.1, -0.05) is 39.7 Å². The van der Waals surface area contributed by atoms with Gasteiger partial charge < -0.3 is 0 Å². The molecular formula is C12H14BrClO. The minimum Gasteiger partial charge on any atom is -0.294 e. The quantitative estimate of drug-likeness (QED) is 0.446. The molecule has 82 valence electrons. The van der Waals surface area contributed by atoms with E-state index < -0.39 is 0 Å². The Kier molecular flexibility index (Phi) is 5.34. The standard InChI is InChI=1S/C12H14BrClO/c1-9-5-4-6-10(12(9)14)11(15)7-2-3-8-13/h4-6H,2-3,7-8H2,1H3. The Balaban J connectivity index is 2.69. The SMILES string of the molecule is Cc1cccc(C(=O)CCCCBr)c1Cl. The van der Waals surface area contributed by atoms with Gasteiger partial charge in [0.05, 0.1) is 5.02 Å². The number of alkyl halides is 1. The molecule has 1 aromatic carbocycles. The van der Waals surface area contributed by atoms with Crippen LogP contribution in [0.25, 0.3) is 0 Å². The molecule has 0 spiro atoms. The van der Waals surface area contributed by atoms with Crippen molar-refractivity contribution >= 4 is 33.3 Å². The fraction of sp³-hybridized carbons (Fsp3) is 0.417. The number of Topliss-reactive ketones (excluding diaryl/α,β-unsaturated/α-hetero) is 1. The Labute approximate surface area is 104 Å². The highest BCUT2D eigenvalue weighted by molar-refractivity contribution is 9.09. The number of carbonyl (C=O) groups is 1. The molecule has 0 unspecified atom stereocenters. The summed E-state index contributed by atoms with van der Waals surface area (Å²) >= 11 is 9.42. The van der Waals surface area contributed by atoms with Crippen molar-refractivity contribution in [3.05, 3.63) is 34.3 Å². The van der Waals surface area contributed by atoms with Crippen molar-refractivity contribution < 1.29 is 4.79 Å². The normalized spacial score (nSPS) is 10.3. The second kappa shape index (κ2) is 6.29. The van der Waals surface area contributed by atoms with Gasteiger partial charge in [-0.2, -0.15) is 0 Å². The predicted octanol–water partition coefficient (Wildman–Crippen LogP) is 4.40. The zero-order chi connectivity index (χ0) is 11.3. The van der Waals surface area contributed by atoms with Gasteiger partial charge in [0.25, 0.3) is 0 Å². The summed E-state index contributed by atoms with van der Waals surface area (Å²) < 4.78 is 0. The van der Waals surface area contributed by atoms with Crippen LogP contribution in [0.2, 0.25) is 5.02 Å². The molecule has 1 rings (SSSR count). The molecule has 0 aliphatic carbocycles. The lowest BCUT2D eigenvalue weighted by Gasteiger charge is -2.05. The smallest absolute Gasteiger partial charge is 0.164 e. The number of aryl methyl sites for hydroxylation is 1. The third-order valence-electron chi connectivity index (χ3n) is 2.28. The third-order valence-corrected chi connectivity index (χ3v) is 3.34. The van der Waals surface area contributed by atoms with Gasteiger partial charge in [0.2, 0.25) is 0 Å². The summed E-state index contributed by atoms with van der Waals surface area (Å²) in [5.74, 6) is 0.143. The zero-order valence-electron chi connectivity index (χ0n) is 8.72. The lowest BCUT2D eigenvalue weighted by molar-refractivity contribution is 0.0980. The van der Waals surface area contributed by atoms with Crippen molar-refractivity contribution in [3.63, 3.8) is 0 Å². The molecule has 0 amide bonds. The molecule has 0 N–H and O–H groups in total. The van der Waals surface area contributed by atoms with Crippen LogP contribution in [0.4, 0.5) is 0 Å². The molecule has 1 aromatic rings. The van der Waals surface area contributed by atoms with Gasteiger partial charge in [-0.15, -0.1) is 0 Å². The van der Waals surface area contributed by atoms with Crippen LogP contribution in [-0.4, -0.2) is 11.1 Å². The summed E-state index contributed by atoms with van der Waals surface area (Å²) in [7, 11) is 0. The lowest BCUT2D eigenvalue weighted by atomic mass is 10.0. The highest BCUT2D eigenvalue weighted by Crippen LogP contribution is 2.22. The van der Waals surface area contributed by atoms with Crippen molar-refractivity contribution in [2.45, 2.75) is 26.2 Å². The van der Waals surface area contributed by atoms with Gasteiger partial charge in [0.15, 0.2) is 5.78 Å². The third kappa shape index (κ3) is 3.62. The first-order chi connectivity index (χ1) is 7.16. The topological polar surface area (TPSA) is 17.1 Å². The van der Waals surface area contributed by atoms with Crippen molar-refractivity contribution in [1.82, 2.24) is 0 Å². The zero-order valence-corrected chi connectivity index (χ0v) is 11.1. The van der Waals surface area contributed by atoms with E-state index in [1.807, 2.05) is 19.1 Å². The van der Waals surface area contributed by atoms with Crippen LogP contribution in [0.1, 0.15) is 35.2 Å². The van der Waals surface area contributed by atoms with E-state index in [0.717, 1.165) is 23.7 Å². The number of hydrogen-bond acceptors (Lipinski definition) is 1.